The quantitative estimate of drug-likeness (QED) is 0.385. The van der Waals surface area contributed by atoms with Gasteiger partial charge in [-0.3, -0.25) is 0 Å². The summed E-state index contributed by atoms with van der Waals surface area (Å²) in [6.07, 6.45) is -3.73. The Kier molecular flexibility index (Phi) is 6.40. The Hall–Kier alpha value is -3.87. The van der Waals surface area contributed by atoms with Crippen molar-refractivity contribution in [3.8, 4) is 11.5 Å². The number of aliphatic hydroxyl groups is 1. The topological polar surface area (TPSA) is 74.2 Å². The Balaban J connectivity index is 1.52. The first kappa shape index (κ1) is 22.9. The van der Waals surface area contributed by atoms with Crippen LogP contribution in [0.25, 0.3) is 10.8 Å². The van der Waals surface area contributed by atoms with Gasteiger partial charge in [0, 0.05) is 0 Å². The van der Waals surface area contributed by atoms with Crippen LogP contribution in [0.15, 0.2) is 91.0 Å². The number of hydrogen-bond acceptors (Lipinski definition) is 6. The first-order valence-electron chi connectivity index (χ1n) is 11.4. The number of ether oxygens (including phenoxy) is 4. The highest BCUT2D eigenvalue weighted by atomic mass is 16.6. The van der Waals surface area contributed by atoms with Crippen LogP contribution in [0.4, 0.5) is 0 Å². The lowest BCUT2D eigenvalue weighted by Crippen LogP contribution is -2.42. The molecule has 0 aromatic heterocycles. The molecule has 4 aromatic rings. The van der Waals surface area contributed by atoms with E-state index < -0.39 is 30.4 Å². The van der Waals surface area contributed by atoms with E-state index in [1.165, 1.54) is 0 Å². The van der Waals surface area contributed by atoms with E-state index in [9.17, 15) is 9.90 Å². The van der Waals surface area contributed by atoms with Gasteiger partial charge in [-0.15, -0.1) is 0 Å². The summed E-state index contributed by atoms with van der Waals surface area (Å²) in [6.45, 7) is 0. The molecule has 1 N–H and O–H groups in total. The summed E-state index contributed by atoms with van der Waals surface area (Å²) in [6, 6.07) is 28.1. The number of carbonyl (C=O) groups is 1. The van der Waals surface area contributed by atoms with Gasteiger partial charge < -0.3 is 24.1 Å². The Morgan fingerprint density at radius 2 is 1.31 bits per heavy atom. The molecule has 1 heterocycles. The minimum absolute atomic E-state index is 0.612. The van der Waals surface area contributed by atoms with Crippen molar-refractivity contribution in [3.63, 3.8) is 0 Å². The van der Waals surface area contributed by atoms with Crippen LogP contribution < -0.4 is 9.47 Å². The maximum absolute atomic E-state index is 13.2. The van der Waals surface area contributed by atoms with Crippen molar-refractivity contribution in [2.45, 2.75) is 24.4 Å². The first-order valence-corrected chi connectivity index (χ1v) is 11.4. The number of cyclic esters (lactones) is 1. The summed E-state index contributed by atoms with van der Waals surface area (Å²) in [5.74, 6) is 0.785. The fraction of sp³-hybridized carbons (Fsp3) is 0.207. The molecule has 0 radical (unpaired) electrons. The van der Waals surface area contributed by atoms with Gasteiger partial charge >= 0.3 is 5.97 Å². The molecular weight excluding hydrogens is 444 g/mol. The highest BCUT2D eigenvalue weighted by Crippen LogP contribution is 2.43. The van der Waals surface area contributed by atoms with Crippen molar-refractivity contribution in [2.24, 2.45) is 0 Å². The van der Waals surface area contributed by atoms with Crippen molar-refractivity contribution < 1.29 is 28.8 Å². The fourth-order valence-corrected chi connectivity index (χ4v) is 4.50. The third kappa shape index (κ3) is 4.46. The minimum Gasteiger partial charge on any atom is -0.497 e. The zero-order chi connectivity index (χ0) is 24.4. The SMILES string of the molecule is COc1ccc([C@@H]2OC(=O)[C@H]([C@@H](O)c3cccc4ccccc34)O[C@H]2c2ccc(OC)cc2)cc1. The molecule has 0 bridgehead atoms. The Labute approximate surface area is 203 Å². The second kappa shape index (κ2) is 9.78. The lowest BCUT2D eigenvalue weighted by Gasteiger charge is -2.38. The van der Waals surface area contributed by atoms with Crippen LogP contribution in [0.3, 0.4) is 0 Å². The van der Waals surface area contributed by atoms with Crippen LogP contribution in [0.1, 0.15) is 35.0 Å². The molecule has 1 fully saturated rings. The van der Waals surface area contributed by atoms with Gasteiger partial charge in [0.25, 0.3) is 0 Å². The largest absolute Gasteiger partial charge is 0.497 e. The van der Waals surface area contributed by atoms with Crippen molar-refractivity contribution in [1.82, 2.24) is 0 Å². The van der Waals surface area contributed by atoms with E-state index in [0.29, 0.717) is 17.1 Å². The van der Waals surface area contributed by atoms with Crippen LogP contribution in [0, 0.1) is 0 Å². The molecule has 1 aliphatic rings. The average molecular weight is 471 g/mol. The minimum atomic E-state index is -1.20. The maximum atomic E-state index is 13.2. The molecular formula is C29H26O6. The second-order valence-electron chi connectivity index (χ2n) is 8.39. The first-order chi connectivity index (χ1) is 17.1. The third-order valence-electron chi connectivity index (χ3n) is 6.36. The number of esters is 1. The molecule has 4 atom stereocenters. The molecule has 1 saturated heterocycles. The van der Waals surface area contributed by atoms with E-state index in [1.807, 2.05) is 91.0 Å². The third-order valence-corrected chi connectivity index (χ3v) is 6.36. The van der Waals surface area contributed by atoms with Crippen LogP contribution >= 0.6 is 0 Å². The van der Waals surface area contributed by atoms with E-state index >= 15 is 0 Å². The van der Waals surface area contributed by atoms with Crippen LogP contribution in [0.5, 0.6) is 11.5 Å². The monoisotopic (exact) mass is 470 g/mol. The number of aliphatic hydroxyl groups excluding tert-OH is 1. The smallest absolute Gasteiger partial charge is 0.339 e. The maximum Gasteiger partial charge on any atom is 0.339 e. The molecule has 35 heavy (non-hydrogen) atoms. The molecule has 6 nitrogen and oxygen atoms in total. The zero-order valence-electron chi connectivity index (χ0n) is 19.5. The summed E-state index contributed by atoms with van der Waals surface area (Å²) < 4.78 is 22.8. The number of methoxy groups -OCH3 is 2. The fourth-order valence-electron chi connectivity index (χ4n) is 4.50. The van der Waals surface area contributed by atoms with Crippen molar-refractivity contribution in [3.05, 3.63) is 108 Å². The van der Waals surface area contributed by atoms with Crippen LogP contribution in [-0.4, -0.2) is 31.4 Å². The van der Waals surface area contributed by atoms with Gasteiger partial charge in [-0.1, -0.05) is 66.7 Å². The second-order valence-corrected chi connectivity index (χ2v) is 8.39. The van der Waals surface area contributed by atoms with E-state index in [1.54, 1.807) is 14.2 Å². The van der Waals surface area contributed by atoms with Crippen LogP contribution in [0.2, 0.25) is 0 Å². The molecule has 0 spiro atoms. The number of fused-ring (bicyclic) bond motifs is 1. The molecule has 5 rings (SSSR count). The van der Waals surface area contributed by atoms with E-state index in [-0.39, 0.29) is 0 Å². The summed E-state index contributed by atoms with van der Waals surface area (Å²) >= 11 is 0. The van der Waals surface area contributed by atoms with E-state index in [2.05, 4.69) is 0 Å². The zero-order valence-corrected chi connectivity index (χ0v) is 19.5. The number of hydrogen-bond donors (Lipinski definition) is 1. The Morgan fingerprint density at radius 1 is 0.743 bits per heavy atom. The predicted molar refractivity (Wildman–Crippen MR) is 131 cm³/mol. The van der Waals surface area contributed by atoms with Gasteiger partial charge in [-0.25, -0.2) is 4.79 Å². The number of benzene rings is 4. The van der Waals surface area contributed by atoms with E-state index in [0.717, 1.165) is 21.9 Å². The molecule has 0 amide bonds. The highest BCUT2D eigenvalue weighted by Gasteiger charge is 2.44. The molecule has 6 heteroatoms. The van der Waals surface area contributed by atoms with Crippen molar-refractivity contribution >= 4 is 16.7 Å². The molecule has 4 aromatic carbocycles. The lowest BCUT2D eigenvalue weighted by molar-refractivity contribution is -0.216. The van der Waals surface area contributed by atoms with E-state index in [4.69, 9.17) is 18.9 Å². The van der Waals surface area contributed by atoms with Gasteiger partial charge in [-0.05, 0) is 51.7 Å². The molecule has 0 aliphatic carbocycles. The van der Waals surface area contributed by atoms with Gasteiger partial charge in [0.2, 0.25) is 0 Å². The summed E-state index contributed by atoms with van der Waals surface area (Å²) in [4.78, 5) is 13.2. The summed E-state index contributed by atoms with van der Waals surface area (Å²) in [7, 11) is 3.20. The summed E-state index contributed by atoms with van der Waals surface area (Å²) in [5, 5.41) is 13.2. The van der Waals surface area contributed by atoms with Gasteiger partial charge in [0.05, 0.1) is 14.2 Å². The standard InChI is InChI=1S/C29H26O6/c1-32-21-14-10-19(11-15-21)26-27(20-12-16-22(33-2)17-13-20)35-29(31)28(34-26)25(30)24-9-5-7-18-6-3-4-8-23(18)24/h3-17,25-28,30H,1-2H3/t25-,26-,27-,28-/m0/s1. The number of rotatable bonds is 6. The molecule has 178 valence electrons. The van der Waals surface area contributed by atoms with Crippen molar-refractivity contribution in [1.29, 1.82) is 0 Å². The molecule has 0 saturated carbocycles. The Bertz CT molecular complexity index is 1310. The molecule has 1 aliphatic heterocycles. The predicted octanol–water partition coefficient (Wildman–Crippen LogP) is 5.32. The Morgan fingerprint density at radius 3 is 1.94 bits per heavy atom. The highest BCUT2D eigenvalue weighted by molar-refractivity contribution is 5.87. The van der Waals surface area contributed by atoms with Gasteiger partial charge in [0.1, 0.15) is 23.7 Å². The molecule has 0 unspecified atom stereocenters. The van der Waals surface area contributed by atoms with Gasteiger partial charge in [0.15, 0.2) is 12.2 Å². The number of carbonyl (C=O) groups excluding carboxylic acids is 1. The van der Waals surface area contributed by atoms with Gasteiger partial charge in [-0.2, -0.15) is 0 Å². The lowest BCUT2D eigenvalue weighted by atomic mass is 9.93. The summed E-state index contributed by atoms with van der Waals surface area (Å²) in [5.41, 5.74) is 2.17. The average Bonchev–Trinajstić information content (AvgIpc) is 2.92. The van der Waals surface area contributed by atoms with Crippen LogP contribution in [-0.2, 0) is 14.3 Å². The van der Waals surface area contributed by atoms with Crippen molar-refractivity contribution in [2.75, 3.05) is 14.2 Å². The normalized spacial score (nSPS) is 20.8.